The van der Waals surface area contributed by atoms with E-state index in [2.05, 4.69) is 16.2 Å². The maximum Gasteiger partial charge on any atom is 0.161 e. The SMILES string of the molecule is COc1cc(N=CN(C)C)c(C)cc1C1CC(c2ccccc2Cl)=NO1. The van der Waals surface area contributed by atoms with E-state index in [0.29, 0.717) is 11.4 Å². The average Bonchev–Trinajstić information content (AvgIpc) is 3.10. The number of oxime groups is 1. The molecule has 1 aliphatic heterocycles. The Kier molecular flexibility index (Phi) is 5.47. The first-order chi connectivity index (χ1) is 12.5. The molecule has 5 nitrogen and oxygen atoms in total. The van der Waals surface area contributed by atoms with Crippen molar-refractivity contribution in [3.05, 3.63) is 58.1 Å². The summed E-state index contributed by atoms with van der Waals surface area (Å²) in [6.07, 6.45) is 2.20. The van der Waals surface area contributed by atoms with E-state index in [-0.39, 0.29) is 6.10 Å². The molecular weight excluding hydrogens is 350 g/mol. The Bertz CT molecular complexity index is 862. The minimum atomic E-state index is -0.207. The molecule has 2 aromatic carbocycles. The number of rotatable bonds is 5. The number of ether oxygens (including phenoxy) is 1. The quantitative estimate of drug-likeness (QED) is 0.563. The van der Waals surface area contributed by atoms with Crippen LogP contribution in [0.15, 0.2) is 46.5 Å². The highest BCUT2D eigenvalue weighted by molar-refractivity contribution is 6.34. The molecule has 1 aliphatic rings. The van der Waals surface area contributed by atoms with Crippen LogP contribution in [0.25, 0.3) is 0 Å². The van der Waals surface area contributed by atoms with Crippen LogP contribution in [0.1, 0.15) is 29.2 Å². The molecule has 26 heavy (non-hydrogen) atoms. The van der Waals surface area contributed by atoms with Crippen molar-refractivity contribution in [3.63, 3.8) is 0 Å². The van der Waals surface area contributed by atoms with Crippen LogP contribution in [0.5, 0.6) is 5.75 Å². The van der Waals surface area contributed by atoms with Crippen LogP contribution < -0.4 is 4.74 Å². The number of methoxy groups -OCH3 is 1. The first kappa shape index (κ1) is 18.3. The monoisotopic (exact) mass is 371 g/mol. The van der Waals surface area contributed by atoms with E-state index in [0.717, 1.165) is 33.8 Å². The third-order valence-corrected chi connectivity index (χ3v) is 4.51. The summed E-state index contributed by atoms with van der Waals surface area (Å²) < 4.78 is 5.58. The van der Waals surface area contributed by atoms with Crippen LogP contribution in [0, 0.1) is 6.92 Å². The van der Waals surface area contributed by atoms with Crippen LogP contribution >= 0.6 is 11.6 Å². The number of halogens is 1. The molecule has 0 amide bonds. The standard InChI is InChI=1S/C20H22ClN3O2/c1-13-9-15(19(25-4)10-17(13)22-12-24(2)3)20-11-18(23-26-20)14-7-5-6-8-16(14)21/h5-10,12,20H,11H2,1-4H3. The molecule has 1 atom stereocenters. The zero-order valence-corrected chi connectivity index (χ0v) is 16.1. The summed E-state index contributed by atoms with van der Waals surface area (Å²) in [6, 6.07) is 11.6. The van der Waals surface area contributed by atoms with Gasteiger partial charge in [0.1, 0.15) is 5.75 Å². The van der Waals surface area contributed by atoms with Gasteiger partial charge in [-0.1, -0.05) is 35.0 Å². The van der Waals surface area contributed by atoms with Gasteiger partial charge in [0, 0.05) is 42.7 Å². The number of hydrogen-bond donors (Lipinski definition) is 0. The van der Waals surface area contributed by atoms with Crippen LogP contribution in [0.2, 0.25) is 5.02 Å². The maximum atomic E-state index is 6.28. The van der Waals surface area contributed by atoms with E-state index < -0.39 is 0 Å². The van der Waals surface area contributed by atoms with Crippen LogP contribution in [-0.4, -0.2) is 38.2 Å². The van der Waals surface area contributed by atoms with Gasteiger partial charge in [0.25, 0.3) is 0 Å². The van der Waals surface area contributed by atoms with Crippen molar-refractivity contribution in [1.82, 2.24) is 4.90 Å². The van der Waals surface area contributed by atoms with Crippen molar-refractivity contribution in [2.45, 2.75) is 19.4 Å². The number of nitrogens with zero attached hydrogens (tertiary/aromatic N) is 3. The third-order valence-electron chi connectivity index (χ3n) is 4.18. The largest absolute Gasteiger partial charge is 0.496 e. The molecule has 0 bridgehead atoms. The summed E-state index contributed by atoms with van der Waals surface area (Å²) in [5.41, 5.74) is 4.62. The minimum absolute atomic E-state index is 0.207. The second kappa shape index (κ2) is 7.79. The van der Waals surface area contributed by atoms with Crippen molar-refractivity contribution in [2.24, 2.45) is 10.1 Å². The van der Waals surface area contributed by atoms with Gasteiger partial charge >= 0.3 is 0 Å². The molecule has 6 heteroatoms. The fourth-order valence-corrected chi connectivity index (χ4v) is 3.09. The first-order valence-corrected chi connectivity index (χ1v) is 8.74. The Morgan fingerprint density at radius 2 is 2.08 bits per heavy atom. The van der Waals surface area contributed by atoms with Gasteiger partial charge in [-0.05, 0) is 24.6 Å². The minimum Gasteiger partial charge on any atom is -0.496 e. The summed E-state index contributed by atoms with van der Waals surface area (Å²) in [4.78, 5) is 12.1. The van der Waals surface area contributed by atoms with Gasteiger partial charge in [-0.2, -0.15) is 0 Å². The zero-order chi connectivity index (χ0) is 18.7. The zero-order valence-electron chi connectivity index (χ0n) is 15.4. The highest BCUT2D eigenvalue weighted by Gasteiger charge is 2.28. The molecule has 0 saturated heterocycles. The lowest BCUT2D eigenvalue weighted by atomic mass is 9.97. The topological polar surface area (TPSA) is 46.4 Å². The number of benzene rings is 2. The van der Waals surface area contributed by atoms with Gasteiger partial charge in [-0.3, -0.25) is 0 Å². The summed E-state index contributed by atoms with van der Waals surface area (Å²) in [7, 11) is 5.52. The summed E-state index contributed by atoms with van der Waals surface area (Å²) in [5, 5.41) is 4.93. The Hall–Kier alpha value is -2.53. The Labute approximate surface area is 158 Å². The van der Waals surface area contributed by atoms with Crippen LogP contribution in [-0.2, 0) is 4.84 Å². The van der Waals surface area contributed by atoms with E-state index >= 15 is 0 Å². The lowest BCUT2D eigenvalue weighted by Gasteiger charge is -2.16. The molecule has 0 fully saturated rings. The smallest absolute Gasteiger partial charge is 0.161 e. The highest BCUT2D eigenvalue weighted by atomic mass is 35.5. The van der Waals surface area contributed by atoms with Crippen molar-refractivity contribution < 1.29 is 9.57 Å². The Morgan fingerprint density at radius 1 is 1.31 bits per heavy atom. The molecule has 0 radical (unpaired) electrons. The molecule has 136 valence electrons. The van der Waals surface area contributed by atoms with Crippen molar-refractivity contribution in [2.75, 3.05) is 21.2 Å². The van der Waals surface area contributed by atoms with E-state index in [1.807, 2.05) is 56.3 Å². The fourth-order valence-electron chi connectivity index (χ4n) is 2.84. The van der Waals surface area contributed by atoms with E-state index in [1.54, 1.807) is 13.4 Å². The van der Waals surface area contributed by atoms with Crippen LogP contribution in [0.4, 0.5) is 5.69 Å². The second-order valence-corrected chi connectivity index (χ2v) is 6.81. The number of aryl methyl sites for hydroxylation is 1. The molecule has 0 aromatic heterocycles. The molecule has 1 unspecified atom stereocenters. The molecule has 0 aliphatic carbocycles. The molecule has 1 heterocycles. The predicted molar refractivity (Wildman–Crippen MR) is 106 cm³/mol. The number of hydrogen-bond acceptors (Lipinski definition) is 4. The summed E-state index contributed by atoms with van der Waals surface area (Å²) in [6.45, 7) is 2.02. The Morgan fingerprint density at radius 3 is 2.77 bits per heavy atom. The highest BCUT2D eigenvalue weighted by Crippen LogP contribution is 2.39. The van der Waals surface area contributed by atoms with Crippen molar-refractivity contribution in [3.8, 4) is 5.75 Å². The average molecular weight is 372 g/mol. The first-order valence-electron chi connectivity index (χ1n) is 8.36. The molecular formula is C20H22ClN3O2. The molecule has 0 N–H and O–H groups in total. The van der Waals surface area contributed by atoms with Crippen molar-refractivity contribution in [1.29, 1.82) is 0 Å². The number of aliphatic imine (C=N–C) groups is 1. The molecule has 2 aromatic rings. The van der Waals surface area contributed by atoms with E-state index in [9.17, 15) is 0 Å². The normalized spacial score (nSPS) is 16.5. The van der Waals surface area contributed by atoms with Gasteiger partial charge in [0.05, 0.1) is 24.8 Å². The Balaban J connectivity index is 1.87. The fraction of sp³-hybridized carbons (Fsp3) is 0.300. The van der Waals surface area contributed by atoms with E-state index in [1.165, 1.54) is 0 Å². The molecule has 3 rings (SSSR count). The van der Waals surface area contributed by atoms with Gasteiger partial charge < -0.3 is 14.5 Å². The van der Waals surface area contributed by atoms with E-state index in [4.69, 9.17) is 21.2 Å². The summed E-state index contributed by atoms with van der Waals surface area (Å²) in [5.74, 6) is 0.738. The van der Waals surface area contributed by atoms with Gasteiger partial charge in [-0.25, -0.2) is 4.99 Å². The van der Waals surface area contributed by atoms with Crippen molar-refractivity contribution >= 4 is 29.3 Å². The maximum absolute atomic E-state index is 6.28. The second-order valence-electron chi connectivity index (χ2n) is 6.40. The van der Waals surface area contributed by atoms with Gasteiger partial charge in [0.2, 0.25) is 0 Å². The lowest BCUT2D eigenvalue weighted by Crippen LogP contribution is -2.07. The third kappa shape index (κ3) is 3.83. The lowest BCUT2D eigenvalue weighted by molar-refractivity contribution is 0.0836. The summed E-state index contributed by atoms with van der Waals surface area (Å²) >= 11 is 6.28. The van der Waals surface area contributed by atoms with Crippen LogP contribution in [0.3, 0.4) is 0 Å². The van der Waals surface area contributed by atoms with Gasteiger partial charge in [0.15, 0.2) is 6.10 Å². The van der Waals surface area contributed by atoms with Gasteiger partial charge in [-0.15, -0.1) is 0 Å². The molecule has 0 spiro atoms. The predicted octanol–water partition coefficient (Wildman–Crippen LogP) is 4.74. The molecule has 0 saturated carbocycles.